The van der Waals surface area contributed by atoms with Crippen molar-refractivity contribution in [1.82, 2.24) is 15.1 Å². The molecule has 7 heteroatoms. The summed E-state index contributed by atoms with van der Waals surface area (Å²) in [4.78, 5) is 16.8. The van der Waals surface area contributed by atoms with Crippen molar-refractivity contribution in [1.29, 1.82) is 0 Å². The van der Waals surface area contributed by atoms with E-state index < -0.39 is 0 Å². The van der Waals surface area contributed by atoms with Gasteiger partial charge in [0.05, 0.1) is 11.7 Å². The van der Waals surface area contributed by atoms with Crippen LogP contribution in [0.2, 0.25) is 0 Å². The number of amides is 1. The fraction of sp³-hybridized carbons (Fsp3) is 0.722. The highest BCUT2D eigenvalue weighted by Gasteiger charge is 2.32. The lowest BCUT2D eigenvalue weighted by atomic mass is 9.91. The molecule has 3 heterocycles. The first kappa shape index (κ1) is 18.1. The van der Waals surface area contributed by atoms with E-state index in [1.54, 1.807) is 0 Å². The summed E-state index contributed by atoms with van der Waals surface area (Å²) in [5.74, 6) is 1.24. The van der Waals surface area contributed by atoms with E-state index in [1.807, 2.05) is 24.0 Å². The topological polar surface area (TPSA) is 84.6 Å². The number of nitrogens with zero attached hydrogens (tertiary/aromatic N) is 4. The van der Waals surface area contributed by atoms with Crippen LogP contribution in [0.15, 0.2) is 12.1 Å². The van der Waals surface area contributed by atoms with Crippen LogP contribution >= 0.6 is 0 Å². The van der Waals surface area contributed by atoms with E-state index in [0.29, 0.717) is 6.04 Å². The van der Waals surface area contributed by atoms with E-state index in [0.717, 1.165) is 63.5 Å². The van der Waals surface area contributed by atoms with Crippen LogP contribution in [-0.4, -0.2) is 66.4 Å². The molecule has 0 radical (unpaired) electrons. The lowest BCUT2D eigenvalue weighted by Gasteiger charge is -2.39. The van der Waals surface area contributed by atoms with Gasteiger partial charge in [-0.05, 0) is 50.7 Å². The molecule has 2 N–H and O–H groups in total. The zero-order valence-electron chi connectivity index (χ0n) is 15.2. The average molecular weight is 347 g/mol. The zero-order chi connectivity index (χ0) is 17.8. The predicted octanol–water partition coefficient (Wildman–Crippen LogP) is 0.966. The maximum atomic E-state index is 12.7. The molecule has 0 spiro atoms. The summed E-state index contributed by atoms with van der Waals surface area (Å²) in [6.07, 6.45) is 3.63. The lowest BCUT2D eigenvalue weighted by molar-refractivity contribution is -0.135. The van der Waals surface area contributed by atoms with E-state index in [-0.39, 0.29) is 17.9 Å². The molecule has 1 aromatic rings. The van der Waals surface area contributed by atoms with E-state index in [2.05, 4.69) is 22.1 Å². The third kappa shape index (κ3) is 4.27. The van der Waals surface area contributed by atoms with Gasteiger partial charge < -0.3 is 20.3 Å². The van der Waals surface area contributed by atoms with Gasteiger partial charge in [0, 0.05) is 39.4 Å². The second-order valence-corrected chi connectivity index (χ2v) is 7.18. The summed E-state index contributed by atoms with van der Waals surface area (Å²) in [6, 6.07) is 3.97. The number of carbonyl (C=O) groups excluding carboxylic acids is 1. The molecule has 138 valence electrons. The maximum absolute atomic E-state index is 12.7. The van der Waals surface area contributed by atoms with E-state index in [1.165, 1.54) is 0 Å². The quantitative estimate of drug-likeness (QED) is 0.873. The minimum Gasteiger partial charge on any atom is -0.381 e. The van der Waals surface area contributed by atoms with Gasteiger partial charge >= 0.3 is 0 Å². The smallest absolute Gasteiger partial charge is 0.239 e. The molecule has 3 rings (SSSR count). The highest BCUT2D eigenvalue weighted by molar-refractivity contribution is 5.82. The van der Waals surface area contributed by atoms with Gasteiger partial charge in [0.25, 0.3) is 0 Å². The predicted molar refractivity (Wildman–Crippen MR) is 96.3 cm³/mol. The van der Waals surface area contributed by atoms with Crippen molar-refractivity contribution in [2.75, 3.05) is 38.3 Å². The molecule has 2 fully saturated rings. The second kappa shape index (κ2) is 8.10. The number of nitrogens with two attached hydrogens (primary N) is 1. The Morgan fingerprint density at radius 1 is 1.24 bits per heavy atom. The molecule has 25 heavy (non-hydrogen) atoms. The Bertz CT molecular complexity index is 565. The minimum atomic E-state index is -0.388. The zero-order valence-corrected chi connectivity index (χ0v) is 15.2. The van der Waals surface area contributed by atoms with Gasteiger partial charge in [0.2, 0.25) is 5.91 Å². The monoisotopic (exact) mass is 347 g/mol. The van der Waals surface area contributed by atoms with Crippen LogP contribution in [0.4, 0.5) is 5.82 Å². The Labute approximate surface area is 149 Å². The summed E-state index contributed by atoms with van der Waals surface area (Å²) in [6.45, 7) is 4.88. The Morgan fingerprint density at radius 3 is 2.52 bits per heavy atom. The number of anilines is 1. The summed E-state index contributed by atoms with van der Waals surface area (Å²) in [5, 5.41) is 8.39. The highest BCUT2D eigenvalue weighted by Crippen LogP contribution is 2.23. The summed E-state index contributed by atoms with van der Waals surface area (Å²) >= 11 is 0. The fourth-order valence-electron chi connectivity index (χ4n) is 3.73. The molecule has 0 bridgehead atoms. The number of likely N-dealkylation sites (tertiary alicyclic amines) is 1. The van der Waals surface area contributed by atoms with Gasteiger partial charge in [-0.2, -0.15) is 5.10 Å². The summed E-state index contributed by atoms with van der Waals surface area (Å²) in [5.41, 5.74) is 7.16. The molecule has 1 atom stereocenters. The second-order valence-electron chi connectivity index (χ2n) is 7.18. The number of rotatable bonds is 4. The SMILES string of the molecule is Cc1ccc(N(C)C2CCN(C(=O)C(N)C3CCOCC3)CC2)nn1. The van der Waals surface area contributed by atoms with Crippen molar-refractivity contribution in [3.63, 3.8) is 0 Å². The molecule has 2 aliphatic heterocycles. The van der Waals surface area contributed by atoms with E-state index in [4.69, 9.17) is 10.5 Å². The van der Waals surface area contributed by atoms with Crippen LogP contribution in [0.1, 0.15) is 31.4 Å². The summed E-state index contributed by atoms with van der Waals surface area (Å²) < 4.78 is 5.37. The van der Waals surface area contributed by atoms with Crippen molar-refractivity contribution in [2.24, 2.45) is 11.7 Å². The average Bonchev–Trinajstić information content (AvgIpc) is 2.67. The molecule has 2 aliphatic rings. The van der Waals surface area contributed by atoms with Gasteiger partial charge in [-0.1, -0.05) is 0 Å². The number of aromatic nitrogens is 2. The van der Waals surface area contributed by atoms with Gasteiger partial charge in [-0.25, -0.2) is 0 Å². The number of carbonyl (C=O) groups is 1. The van der Waals surface area contributed by atoms with Gasteiger partial charge in [0.1, 0.15) is 0 Å². The molecule has 0 aliphatic carbocycles. The first-order valence-corrected chi connectivity index (χ1v) is 9.21. The standard InChI is InChI=1S/C18H29N5O2/c1-13-3-4-16(21-20-13)22(2)15-5-9-23(10-6-15)18(24)17(19)14-7-11-25-12-8-14/h3-4,14-15,17H,5-12,19H2,1-2H3. The minimum absolute atomic E-state index is 0.100. The Kier molecular flexibility index (Phi) is 5.86. The summed E-state index contributed by atoms with van der Waals surface area (Å²) in [7, 11) is 2.05. The molecule has 7 nitrogen and oxygen atoms in total. The van der Waals surface area contributed by atoms with Gasteiger partial charge in [0.15, 0.2) is 5.82 Å². The van der Waals surface area contributed by atoms with Crippen LogP contribution in [0.3, 0.4) is 0 Å². The molecule has 2 saturated heterocycles. The van der Waals surface area contributed by atoms with Crippen molar-refractivity contribution < 1.29 is 9.53 Å². The van der Waals surface area contributed by atoms with Crippen LogP contribution in [0, 0.1) is 12.8 Å². The van der Waals surface area contributed by atoms with Crippen LogP contribution in [0.5, 0.6) is 0 Å². The molecular weight excluding hydrogens is 318 g/mol. The van der Waals surface area contributed by atoms with Crippen molar-refractivity contribution in [2.45, 2.75) is 44.7 Å². The Balaban J connectivity index is 1.52. The van der Waals surface area contributed by atoms with Crippen molar-refractivity contribution >= 4 is 11.7 Å². The Hall–Kier alpha value is -1.73. The number of hydrogen-bond acceptors (Lipinski definition) is 6. The third-order valence-corrected chi connectivity index (χ3v) is 5.53. The largest absolute Gasteiger partial charge is 0.381 e. The molecular formula is C18H29N5O2. The number of aryl methyl sites for hydroxylation is 1. The van der Waals surface area contributed by atoms with E-state index in [9.17, 15) is 4.79 Å². The fourth-order valence-corrected chi connectivity index (χ4v) is 3.73. The number of piperidine rings is 1. The van der Waals surface area contributed by atoms with Crippen LogP contribution in [-0.2, 0) is 9.53 Å². The first-order chi connectivity index (χ1) is 12.1. The first-order valence-electron chi connectivity index (χ1n) is 9.21. The number of hydrogen-bond donors (Lipinski definition) is 1. The molecule has 0 aromatic carbocycles. The van der Waals surface area contributed by atoms with E-state index >= 15 is 0 Å². The normalized spacial score (nSPS) is 21.2. The van der Waals surface area contributed by atoms with Crippen LogP contribution in [0.25, 0.3) is 0 Å². The molecule has 1 unspecified atom stereocenters. The molecule has 1 amide bonds. The van der Waals surface area contributed by atoms with Crippen molar-refractivity contribution in [3.05, 3.63) is 17.8 Å². The van der Waals surface area contributed by atoms with Gasteiger partial charge in [-0.3, -0.25) is 4.79 Å². The highest BCUT2D eigenvalue weighted by atomic mass is 16.5. The Morgan fingerprint density at radius 2 is 1.92 bits per heavy atom. The molecule has 0 saturated carbocycles. The van der Waals surface area contributed by atoms with Crippen molar-refractivity contribution in [3.8, 4) is 0 Å². The third-order valence-electron chi connectivity index (χ3n) is 5.53. The lowest BCUT2D eigenvalue weighted by Crippen LogP contribution is -2.53. The van der Waals surface area contributed by atoms with Crippen LogP contribution < -0.4 is 10.6 Å². The van der Waals surface area contributed by atoms with Gasteiger partial charge in [-0.15, -0.1) is 5.10 Å². The molecule has 1 aromatic heterocycles. The number of ether oxygens (including phenoxy) is 1. The maximum Gasteiger partial charge on any atom is 0.239 e.